The Hall–Kier alpha value is -2.57. The van der Waals surface area contributed by atoms with Gasteiger partial charge in [-0.25, -0.2) is 14.4 Å². The number of hydrogen-bond donors (Lipinski definition) is 1. The maximum atomic E-state index is 12.5. The molecule has 2 rings (SSSR count). The molecule has 0 spiro atoms. The minimum Gasteiger partial charge on any atom is -0.423 e. The molecule has 0 atom stereocenters. The zero-order valence-electron chi connectivity index (χ0n) is 8.50. The maximum Gasteiger partial charge on any atom is 0.322 e. The van der Waals surface area contributed by atoms with Crippen LogP contribution in [0.25, 0.3) is 0 Å². The molecule has 7 heteroatoms. The number of pyridine rings is 1. The van der Waals surface area contributed by atoms with E-state index in [0.29, 0.717) is 0 Å². The number of rotatable bonds is 3. The number of amides is 1. The van der Waals surface area contributed by atoms with Crippen LogP contribution in [0.2, 0.25) is 0 Å². The fourth-order valence-corrected chi connectivity index (χ4v) is 1.07. The average Bonchev–Trinajstić information content (AvgIpc) is 2.32. The van der Waals surface area contributed by atoms with Crippen LogP contribution < -0.4 is 10.5 Å². The first-order valence-electron chi connectivity index (χ1n) is 4.55. The van der Waals surface area contributed by atoms with Crippen molar-refractivity contribution in [2.24, 2.45) is 5.73 Å². The van der Waals surface area contributed by atoms with Crippen LogP contribution in [0.3, 0.4) is 0 Å². The fraction of sp³-hybridized carbons (Fsp3) is 0. The first-order chi connectivity index (χ1) is 8.15. The van der Waals surface area contributed by atoms with Crippen LogP contribution in [0.1, 0.15) is 10.4 Å². The molecule has 17 heavy (non-hydrogen) atoms. The second-order valence-corrected chi connectivity index (χ2v) is 3.06. The molecule has 2 aromatic rings. The number of aromatic nitrogens is 3. The SMILES string of the molecule is NC(=O)c1cncc(Oc2ncc(F)cn2)c1. The minimum atomic E-state index is -0.622. The van der Waals surface area contributed by atoms with Crippen LogP contribution in [0.4, 0.5) is 4.39 Å². The van der Waals surface area contributed by atoms with Gasteiger partial charge in [0.2, 0.25) is 5.91 Å². The number of ether oxygens (including phenoxy) is 1. The molecule has 0 aliphatic heterocycles. The zero-order chi connectivity index (χ0) is 12.3. The van der Waals surface area contributed by atoms with Gasteiger partial charge in [0.05, 0.1) is 24.2 Å². The highest BCUT2D eigenvalue weighted by Crippen LogP contribution is 2.16. The van der Waals surface area contributed by atoms with Gasteiger partial charge in [0.1, 0.15) is 5.75 Å². The number of nitrogens with two attached hydrogens (primary N) is 1. The van der Waals surface area contributed by atoms with Gasteiger partial charge in [0, 0.05) is 6.20 Å². The predicted octanol–water partition coefficient (Wildman–Crippen LogP) is 0.902. The third-order valence-corrected chi connectivity index (χ3v) is 1.80. The molecular formula is C10H7FN4O2. The molecule has 2 heterocycles. The Kier molecular flexibility index (Phi) is 2.91. The molecule has 6 nitrogen and oxygen atoms in total. The Morgan fingerprint density at radius 1 is 1.24 bits per heavy atom. The number of primary amides is 1. The minimum absolute atomic E-state index is 0.0465. The summed E-state index contributed by atoms with van der Waals surface area (Å²) in [5.41, 5.74) is 5.28. The van der Waals surface area contributed by atoms with E-state index in [1.54, 1.807) is 0 Å². The van der Waals surface area contributed by atoms with E-state index in [1.807, 2.05) is 0 Å². The molecule has 0 unspecified atom stereocenters. The number of halogens is 1. The van der Waals surface area contributed by atoms with Crippen LogP contribution in [0.5, 0.6) is 11.8 Å². The van der Waals surface area contributed by atoms with E-state index in [9.17, 15) is 9.18 Å². The number of hydrogen-bond acceptors (Lipinski definition) is 5. The average molecular weight is 234 g/mol. The van der Waals surface area contributed by atoms with Crippen molar-refractivity contribution in [3.8, 4) is 11.8 Å². The summed E-state index contributed by atoms with van der Waals surface area (Å²) < 4.78 is 17.7. The lowest BCUT2D eigenvalue weighted by atomic mass is 10.3. The molecule has 86 valence electrons. The van der Waals surface area contributed by atoms with Crippen LogP contribution in [0.15, 0.2) is 30.9 Å². The van der Waals surface area contributed by atoms with E-state index in [1.165, 1.54) is 18.5 Å². The van der Waals surface area contributed by atoms with Gasteiger partial charge in [-0.2, -0.15) is 0 Å². The molecule has 0 fully saturated rings. The number of carbonyl (C=O) groups excluding carboxylic acids is 1. The lowest BCUT2D eigenvalue weighted by Gasteiger charge is -2.03. The number of nitrogens with zero attached hydrogens (tertiary/aromatic N) is 3. The molecule has 0 saturated carbocycles. The van der Waals surface area contributed by atoms with Crippen LogP contribution in [-0.4, -0.2) is 20.9 Å². The molecule has 0 aliphatic rings. The van der Waals surface area contributed by atoms with Crippen molar-refractivity contribution in [3.63, 3.8) is 0 Å². The molecule has 2 N–H and O–H groups in total. The normalized spacial score (nSPS) is 9.94. The second kappa shape index (κ2) is 4.52. The quantitative estimate of drug-likeness (QED) is 0.851. The highest BCUT2D eigenvalue weighted by molar-refractivity contribution is 5.92. The lowest BCUT2D eigenvalue weighted by molar-refractivity contribution is 0.0999. The van der Waals surface area contributed by atoms with Gasteiger partial charge in [-0.15, -0.1) is 0 Å². The molecule has 1 amide bonds. The van der Waals surface area contributed by atoms with Gasteiger partial charge in [-0.3, -0.25) is 9.78 Å². The van der Waals surface area contributed by atoms with Gasteiger partial charge >= 0.3 is 6.01 Å². The molecule has 0 aliphatic carbocycles. The monoisotopic (exact) mass is 234 g/mol. The van der Waals surface area contributed by atoms with E-state index in [4.69, 9.17) is 10.5 Å². The van der Waals surface area contributed by atoms with Crippen LogP contribution in [-0.2, 0) is 0 Å². The Morgan fingerprint density at radius 3 is 2.59 bits per heavy atom. The van der Waals surface area contributed by atoms with Crippen molar-refractivity contribution in [2.75, 3.05) is 0 Å². The first kappa shape index (κ1) is 10.9. The van der Waals surface area contributed by atoms with E-state index in [0.717, 1.165) is 12.4 Å². The summed E-state index contributed by atoms with van der Waals surface area (Å²) in [6.07, 6.45) is 4.60. The maximum absolute atomic E-state index is 12.5. The van der Waals surface area contributed by atoms with Crippen molar-refractivity contribution in [3.05, 3.63) is 42.2 Å². The fourth-order valence-electron chi connectivity index (χ4n) is 1.07. The predicted molar refractivity (Wildman–Crippen MR) is 54.8 cm³/mol. The smallest absolute Gasteiger partial charge is 0.322 e. The number of carbonyl (C=O) groups is 1. The van der Waals surface area contributed by atoms with Crippen LogP contribution >= 0.6 is 0 Å². The van der Waals surface area contributed by atoms with Crippen molar-refractivity contribution < 1.29 is 13.9 Å². The Labute approximate surface area is 95.3 Å². The van der Waals surface area contributed by atoms with Gasteiger partial charge < -0.3 is 10.5 Å². The summed E-state index contributed by atoms with van der Waals surface area (Å²) >= 11 is 0. The van der Waals surface area contributed by atoms with E-state index < -0.39 is 11.7 Å². The summed E-state index contributed by atoms with van der Waals surface area (Å²) in [5, 5.41) is 0. The van der Waals surface area contributed by atoms with Gasteiger partial charge in [-0.1, -0.05) is 0 Å². The highest BCUT2D eigenvalue weighted by atomic mass is 19.1. The molecule has 0 radical (unpaired) electrons. The molecule has 0 bridgehead atoms. The summed E-state index contributed by atoms with van der Waals surface area (Å²) in [6, 6.07) is 1.34. The highest BCUT2D eigenvalue weighted by Gasteiger charge is 2.05. The Morgan fingerprint density at radius 2 is 1.94 bits per heavy atom. The first-order valence-corrected chi connectivity index (χ1v) is 4.55. The van der Waals surface area contributed by atoms with Gasteiger partial charge in [0.25, 0.3) is 0 Å². The van der Waals surface area contributed by atoms with Crippen molar-refractivity contribution >= 4 is 5.91 Å². The second-order valence-electron chi connectivity index (χ2n) is 3.06. The third-order valence-electron chi connectivity index (χ3n) is 1.80. The summed E-state index contributed by atoms with van der Waals surface area (Å²) in [6.45, 7) is 0. The van der Waals surface area contributed by atoms with Gasteiger partial charge in [-0.05, 0) is 6.07 Å². The standard InChI is InChI=1S/C10H7FN4O2/c11-7-3-14-10(15-4-7)17-8-1-6(9(12)16)2-13-5-8/h1-5H,(H2,12,16). The Balaban J connectivity index is 2.21. The summed E-state index contributed by atoms with van der Waals surface area (Å²) in [5.74, 6) is -0.947. The van der Waals surface area contributed by atoms with E-state index >= 15 is 0 Å². The molecule has 0 aromatic carbocycles. The molecule has 2 aromatic heterocycles. The van der Waals surface area contributed by atoms with Crippen molar-refractivity contribution in [2.45, 2.75) is 0 Å². The largest absolute Gasteiger partial charge is 0.423 e. The zero-order valence-corrected chi connectivity index (χ0v) is 8.50. The van der Waals surface area contributed by atoms with Crippen molar-refractivity contribution in [1.82, 2.24) is 15.0 Å². The summed E-state index contributed by atoms with van der Waals surface area (Å²) in [4.78, 5) is 21.9. The summed E-state index contributed by atoms with van der Waals surface area (Å²) in [7, 11) is 0. The lowest BCUT2D eigenvalue weighted by Crippen LogP contribution is -2.11. The molecule has 0 saturated heterocycles. The van der Waals surface area contributed by atoms with E-state index in [-0.39, 0.29) is 17.3 Å². The van der Waals surface area contributed by atoms with E-state index in [2.05, 4.69) is 15.0 Å². The van der Waals surface area contributed by atoms with Crippen molar-refractivity contribution in [1.29, 1.82) is 0 Å². The third kappa shape index (κ3) is 2.71. The molecular weight excluding hydrogens is 227 g/mol. The van der Waals surface area contributed by atoms with Gasteiger partial charge in [0.15, 0.2) is 5.82 Å². The van der Waals surface area contributed by atoms with Crippen LogP contribution in [0, 0.1) is 5.82 Å². The Bertz CT molecular complexity index is 544. The topological polar surface area (TPSA) is 91.0 Å².